The van der Waals surface area contributed by atoms with Gasteiger partial charge >= 0.3 is 6.01 Å². The number of nitrogens with one attached hydrogen (secondary N) is 1. The van der Waals surface area contributed by atoms with Gasteiger partial charge in [-0.15, -0.1) is 0 Å². The van der Waals surface area contributed by atoms with Crippen molar-refractivity contribution in [2.75, 3.05) is 64.7 Å². The molecule has 2 N–H and O–H groups in total. The number of aromatic amines is 1. The lowest BCUT2D eigenvalue weighted by Gasteiger charge is -2.58. The van der Waals surface area contributed by atoms with Gasteiger partial charge < -0.3 is 29.0 Å². The second kappa shape index (κ2) is 13.5. The number of hydrogen-bond acceptors (Lipinski definition) is 11. The number of fused-ring (bicyclic) bond motifs is 3. The molecule has 3 aliphatic carbocycles. The van der Waals surface area contributed by atoms with E-state index in [1.165, 1.54) is 38.5 Å². The zero-order valence-electron chi connectivity index (χ0n) is 32.5. The van der Waals surface area contributed by atoms with Gasteiger partial charge in [-0.1, -0.05) is 6.42 Å². The molecule has 6 fully saturated rings. The fourth-order valence-electron chi connectivity index (χ4n) is 11.3. The number of hydrogen-bond donors (Lipinski definition) is 2. The molecule has 3 aliphatic heterocycles. The third kappa shape index (κ3) is 6.15. The standard InChI is InChI=1S/C42H54FN7O5/c1-25-18-29-28(21-44-48-29)32(31(25)26-7-8-26)35-34(43)36-33(38(45-35)52-3)37(49-14-17-54-23-40(2,51)22-49)47-39(46-36)55-24-42-9-4-6-30(42)50(13-5-10-42)27-19-41(20-27)11-15-53-16-12-41/h18,21,26-27,30,51H,4-17,19-20,22-24H2,1-3H3,(H,44,48). The number of ether oxygens (including phenoxy) is 4. The molecule has 294 valence electrons. The lowest BCUT2D eigenvalue weighted by atomic mass is 9.60. The molecular formula is C42H54FN7O5. The lowest BCUT2D eigenvalue weighted by Crippen LogP contribution is -2.61. The van der Waals surface area contributed by atoms with E-state index in [1.807, 2.05) is 4.90 Å². The quantitative estimate of drug-likeness (QED) is 0.206. The monoisotopic (exact) mass is 755 g/mol. The Kier molecular flexibility index (Phi) is 8.77. The van der Waals surface area contributed by atoms with Gasteiger partial charge in [-0.3, -0.25) is 10.00 Å². The maximum Gasteiger partial charge on any atom is 0.319 e. The van der Waals surface area contributed by atoms with E-state index in [1.54, 1.807) is 20.2 Å². The first-order valence-corrected chi connectivity index (χ1v) is 20.6. The van der Waals surface area contributed by atoms with E-state index in [4.69, 9.17) is 33.9 Å². The third-order valence-electron chi connectivity index (χ3n) is 14.1. The number of anilines is 1. The summed E-state index contributed by atoms with van der Waals surface area (Å²) in [5.41, 5.74) is 3.30. The first kappa shape index (κ1) is 35.7. The fraction of sp³-hybridized carbons (Fsp3) is 0.667. The first-order chi connectivity index (χ1) is 26.7. The van der Waals surface area contributed by atoms with Gasteiger partial charge in [0.2, 0.25) is 5.88 Å². The zero-order valence-corrected chi connectivity index (χ0v) is 32.5. The predicted molar refractivity (Wildman–Crippen MR) is 206 cm³/mol. The molecule has 6 aliphatic rings. The Hall–Kier alpha value is -3.65. The number of methoxy groups -OCH3 is 1. The van der Waals surface area contributed by atoms with E-state index in [2.05, 4.69) is 28.1 Å². The van der Waals surface area contributed by atoms with Crippen molar-refractivity contribution in [3.8, 4) is 23.1 Å². The topological polar surface area (TPSA) is 131 Å². The van der Waals surface area contributed by atoms with Crippen LogP contribution in [0.4, 0.5) is 10.2 Å². The van der Waals surface area contributed by atoms with E-state index in [0.717, 1.165) is 79.5 Å². The summed E-state index contributed by atoms with van der Waals surface area (Å²) in [6.07, 6.45) is 14.4. The van der Waals surface area contributed by atoms with Crippen molar-refractivity contribution in [3.63, 3.8) is 0 Å². The number of aromatic nitrogens is 5. The molecule has 0 radical (unpaired) electrons. The molecular weight excluding hydrogens is 702 g/mol. The number of aliphatic hydroxyl groups is 1. The number of benzene rings is 1. The Balaban J connectivity index is 1.05. The molecule has 10 rings (SSSR count). The van der Waals surface area contributed by atoms with E-state index in [9.17, 15) is 5.11 Å². The minimum absolute atomic E-state index is 0.0114. The van der Waals surface area contributed by atoms with Crippen molar-refractivity contribution < 1.29 is 28.4 Å². The molecule has 3 saturated carbocycles. The second-order valence-electron chi connectivity index (χ2n) is 18.0. The van der Waals surface area contributed by atoms with Crippen molar-refractivity contribution in [1.82, 2.24) is 30.0 Å². The third-order valence-corrected chi connectivity index (χ3v) is 14.1. The summed E-state index contributed by atoms with van der Waals surface area (Å²) >= 11 is 0. The number of halogens is 1. The highest BCUT2D eigenvalue weighted by molar-refractivity contribution is 6.01. The van der Waals surface area contributed by atoms with Crippen molar-refractivity contribution in [3.05, 3.63) is 29.2 Å². The Morgan fingerprint density at radius 2 is 1.84 bits per heavy atom. The van der Waals surface area contributed by atoms with Crippen LogP contribution in [0.3, 0.4) is 0 Å². The number of piperidine rings is 1. The summed E-state index contributed by atoms with van der Waals surface area (Å²) in [6.45, 7) is 8.43. The maximum atomic E-state index is 17.6. The predicted octanol–water partition coefficient (Wildman–Crippen LogP) is 6.46. The molecule has 4 aromatic rings. The molecule has 3 aromatic heterocycles. The number of H-pyrrole nitrogens is 1. The minimum atomic E-state index is -1.16. The minimum Gasteiger partial charge on any atom is -0.480 e. The van der Waals surface area contributed by atoms with Crippen LogP contribution in [-0.2, 0) is 9.47 Å². The Morgan fingerprint density at radius 3 is 2.64 bits per heavy atom. The van der Waals surface area contributed by atoms with Gasteiger partial charge in [0.05, 0.1) is 45.2 Å². The van der Waals surface area contributed by atoms with Crippen LogP contribution in [0, 0.1) is 23.6 Å². The fourth-order valence-corrected chi connectivity index (χ4v) is 11.3. The van der Waals surface area contributed by atoms with Crippen LogP contribution in [-0.4, -0.2) is 113 Å². The van der Waals surface area contributed by atoms with Crippen LogP contribution in [0.15, 0.2) is 12.3 Å². The molecule has 12 nitrogen and oxygen atoms in total. The summed E-state index contributed by atoms with van der Waals surface area (Å²) in [6, 6.07) is 3.30. The molecule has 3 atom stereocenters. The molecule has 1 spiro atoms. The number of β-amino-alcohol motifs (C(OH)–C–C–N with tert-alkyl or cyclic N) is 1. The number of likely N-dealkylation sites (tertiary alicyclic amines) is 1. The van der Waals surface area contributed by atoms with Gasteiger partial charge in [-0.05, 0) is 113 Å². The van der Waals surface area contributed by atoms with Gasteiger partial charge in [0.25, 0.3) is 0 Å². The van der Waals surface area contributed by atoms with E-state index < -0.39 is 11.4 Å². The van der Waals surface area contributed by atoms with Crippen LogP contribution in [0.5, 0.6) is 11.9 Å². The zero-order chi connectivity index (χ0) is 37.5. The first-order valence-electron chi connectivity index (χ1n) is 20.6. The molecule has 1 aromatic carbocycles. The molecule has 3 unspecified atom stereocenters. The van der Waals surface area contributed by atoms with Crippen molar-refractivity contribution in [2.45, 2.75) is 108 Å². The van der Waals surface area contributed by atoms with E-state index in [0.29, 0.717) is 54.4 Å². The van der Waals surface area contributed by atoms with Crippen molar-refractivity contribution in [2.24, 2.45) is 10.8 Å². The summed E-state index contributed by atoms with van der Waals surface area (Å²) in [5, 5.41) is 19.9. The number of rotatable bonds is 8. The van der Waals surface area contributed by atoms with Crippen molar-refractivity contribution >= 4 is 27.6 Å². The van der Waals surface area contributed by atoms with Crippen LogP contribution < -0.4 is 14.4 Å². The van der Waals surface area contributed by atoms with Crippen LogP contribution in [0.2, 0.25) is 0 Å². The molecule has 13 heteroatoms. The molecule has 6 heterocycles. The summed E-state index contributed by atoms with van der Waals surface area (Å²) in [7, 11) is 1.55. The van der Waals surface area contributed by atoms with E-state index >= 15 is 4.39 Å². The summed E-state index contributed by atoms with van der Waals surface area (Å²) in [4.78, 5) is 19.6. The van der Waals surface area contributed by atoms with Crippen LogP contribution >= 0.6 is 0 Å². The highest BCUT2D eigenvalue weighted by atomic mass is 19.1. The Bertz CT molecular complexity index is 2110. The number of aryl methyl sites for hydroxylation is 1. The number of nitrogens with zero attached hydrogens (tertiary/aromatic N) is 6. The van der Waals surface area contributed by atoms with E-state index in [-0.39, 0.29) is 41.7 Å². The lowest BCUT2D eigenvalue weighted by molar-refractivity contribution is -0.112. The highest BCUT2D eigenvalue weighted by Gasteiger charge is 2.55. The molecule has 55 heavy (non-hydrogen) atoms. The van der Waals surface area contributed by atoms with Gasteiger partial charge in [-0.2, -0.15) is 15.1 Å². The van der Waals surface area contributed by atoms with Crippen LogP contribution in [0.1, 0.15) is 94.6 Å². The SMILES string of the molecule is COc1nc(-c2c(C3CC3)c(C)cc3[nH]ncc23)c(F)c2nc(OCC34CCCC3N(C3CC5(CCOCC5)C3)CCC4)nc(N3CCOCC(C)(O)C3)c12. The molecule has 0 bridgehead atoms. The smallest absolute Gasteiger partial charge is 0.319 e. The molecule has 3 saturated heterocycles. The number of pyridine rings is 1. The Morgan fingerprint density at radius 1 is 1.02 bits per heavy atom. The maximum absolute atomic E-state index is 17.6. The average molecular weight is 756 g/mol. The van der Waals surface area contributed by atoms with Gasteiger partial charge in [0.15, 0.2) is 5.82 Å². The average Bonchev–Trinajstić information content (AvgIpc) is 3.79. The summed E-state index contributed by atoms with van der Waals surface area (Å²) < 4.78 is 41.9. The summed E-state index contributed by atoms with van der Waals surface area (Å²) in [5.74, 6) is 0.414. The normalized spacial score (nSPS) is 28.7. The van der Waals surface area contributed by atoms with Gasteiger partial charge in [-0.25, -0.2) is 9.37 Å². The van der Waals surface area contributed by atoms with Gasteiger partial charge in [0, 0.05) is 48.2 Å². The van der Waals surface area contributed by atoms with Gasteiger partial charge in [0.1, 0.15) is 28.0 Å². The molecule has 0 amide bonds. The van der Waals surface area contributed by atoms with Crippen LogP contribution in [0.25, 0.3) is 33.1 Å². The highest BCUT2D eigenvalue weighted by Crippen LogP contribution is 2.56. The second-order valence-corrected chi connectivity index (χ2v) is 18.0. The van der Waals surface area contributed by atoms with Crippen molar-refractivity contribution in [1.29, 1.82) is 0 Å². The Labute approximate surface area is 321 Å². The largest absolute Gasteiger partial charge is 0.480 e.